The fourth-order valence-corrected chi connectivity index (χ4v) is 2.58. The average molecular weight is 303 g/mol. The van der Waals surface area contributed by atoms with Crippen molar-refractivity contribution in [3.63, 3.8) is 0 Å². The van der Waals surface area contributed by atoms with Crippen LogP contribution in [0, 0.1) is 0 Å². The van der Waals surface area contributed by atoms with Gasteiger partial charge in [0.1, 0.15) is 0 Å². The van der Waals surface area contributed by atoms with E-state index in [1.165, 1.54) is 5.01 Å². The first-order valence-corrected chi connectivity index (χ1v) is 7.85. The van der Waals surface area contributed by atoms with Gasteiger partial charge in [0.2, 0.25) is 0 Å². The van der Waals surface area contributed by atoms with Crippen molar-refractivity contribution in [3.05, 3.63) is 46.2 Å². The van der Waals surface area contributed by atoms with Gasteiger partial charge in [-0.15, -0.1) is 11.3 Å². The van der Waals surface area contributed by atoms with E-state index in [2.05, 4.69) is 44.8 Å². The summed E-state index contributed by atoms with van der Waals surface area (Å²) in [6.45, 7) is 5.63. The molecule has 2 heterocycles. The number of aliphatic imine (C=N–C) groups is 1. The zero-order valence-electron chi connectivity index (χ0n) is 12.6. The Balaban J connectivity index is 1.82. The number of aromatic nitrogens is 2. The van der Waals surface area contributed by atoms with E-state index in [0.29, 0.717) is 19.0 Å². The molecule has 2 aromatic rings. The Kier molecular flexibility index (Phi) is 5.68. The number of pyridine rings is 1. The van der Waals surface area contributed by atoms with Crippen LogP contribution in [0.3, 0.4) is 0 Å². The van der Waals surface area contributed by atoms with Crippen LogP contribution in [0.25, 0.3) is 0 Å². The van der Waals surface area contributed by atoms with Gasteiger partial charge in [-0.3, -0.25) is 9.98 Å². The lowest BCUT2D eigenvalue weighted by Crippen LogP contribution is -2.36. The van der Waals surface area contributed by atoms with Crippen LogP contribution in [0.1, 0.15) is 36.2 Å². The maximum atomic E-state index is 4.60. The highest BCUT2D eigenvalue weighted by Gasteiger charge is 2.06. The van der Waals surface area contributed by atoms with Crippen molar-refractivity contribution in [2.24, 2.45) is 4.99 Å². The van der Waals surface area contributed by atoms with Crippen molar-refractivity contribution in [1.82, 2.24) is 20.6 Å². The molecule has 0 aromatic carbocycles. The second-order valence-electron chi connectivity index (χ2n) is 4.93. The van der Waals surface area contributed by atoms with Gasteiger partial charge in [0, 0.05) is 24.5 Å². The zero-order chi connectivity index (χ0) is 15.1. The van der Waals surface area contributed by atoms with Gasteiger partial charge in [0.05, 0.1) is 29.5 Å². The first kappa shape index (κ1) is 15.4. The van der Waals surface area contributed by atoms with Crippen LogP contribution < -0.4 is 10.6 Å². The Hall–Kier alpha value is -1.95. The maximum Gasteiger partial charge on any atom is 0.191 e. The van der Waals surface area contributed by atoms with Crippen molar-refractivity contribution in [1.29, 1.82) is 0 Å². The molecule has 21 heavy (non-hydrogen) atoms. The molecule has 0 atom stereocenters. The molecule has 0 aliphatic carbocycles. The minimum absolute atomic E-state index is 0.477. The molecule has 0 saturated carbocycles. The number of rotatable bonds is 5. The van der Waals surface area contributed by atoms with E-state index < -0.39 is 0 Å². The predicted molar refractivity (Wildman–Crippen MR) is 87.5 cm³/mol. The topological polar surface area (TPSA) is 62.2 Å². The average Bonchev–Trinajstić information content (AvgIpc) is 2.98. The molecule has 0 aliphatic heterocycles. The first-order valence-electron chi connectivity index (χ1n) is 6.97. The fourth-order valence-electron chi connectivity index (χ4n) is 1.74. The Morgan fingerprint density at radius 1 is 1.24 bits per heavy atom. The first-order chi connectivity index (χ1) is 10.2. The number of hydrogen-bond acceptors (Lipinski definition) is 4. The Morgan fingerprint density at radius 3 is 2.57 bits per heavy atom. The lowest BCUT2D eigenvalue weighted by atomic mass is 10.2. The minimum Gasteiger partial charge on any atom is -0.351 e. The molecule has 2 aromatic heterocycles. The van der Waals surface area contributed by atoms with Gasteiger partial charge < -0.3 is 10.6 Å². The molecular formula is C15H21N5S. The summed E-state index contributed by atoms with van der Waals surface area (Å²) >= 11 is 1.71. The lowest BCUT2D eigenvalue weighted by molar-refractivity contribution is 0.775. The van der Waals surface area contributed by atoms with Crippen LogP contribution in [-0.2, 0) is 13.1 Å². The summed E-state index contributed by atoms with van der Waals surface area (Å²) in [4.78, 5) is 13.1. The van der Waals surface area contributed by atoms with Crippen molar-refractivity contribution in [3.8, 4) is 0 Å². The van der Waals surface area contributed by atoms with Gasteiger partial charge in [-0.05, 0) is 12.1 Å². The highest BCUT2D eigenvalue weighted by molar-refractivity contribution is 7.09. The van der Waals surface area contributed by atoms with Crippen molar-refractivity contribution < 1.29 is 0 Å². The van der Waals surface area contributed by atoms with Crippen molar-refractivity contribution >= 4 is 17.3 Å². The third kappa shape index (κ3) is 4.82. The van der Waals surface area contributed by atoms with E-state index in [-0.39, 0.29) is 0 Å². The molecule has 0 spiro atoms. The molecule has 112 valence electrons. The predicted octanol–water partition coefficient (Wildman–Crippen LogP) is 2.53. The number of hydrogen-bond donors (Lipinski definition) is 2. The van der Waals surface area contributed by atoms with Gasteiger partial charge in [-0.2, -0.15) is 0 Å². The molecule has 2 rings (SSSR count). The van der Waals surface area contributed by atoms with Crippen LogP contribution in [0.15, 0.2) is 34.8 Å². The molecular weight excluding hydrogens is 282 g/mol. The van der Waals surface area contributed by atoms with E-state index in [1.807, 2.05) is 18.2 Å². The van der Waals surface area contributed by atoms with E-state index in [0.717, 1.165) is 17.3 Å². The van der Waals surface area contributed by atoms with E-state index in [4.69, 9.17) is 0 Å². The molecule has 0 fully saturated rings. The number of nitrogens with zero attached hydrogens (tertiary/aromatic N) is 3. The van der Waals surface area contributed by atoms with Gasteiger partial charge in [-0.25, -0.2) is 4.98 Å². The third-order valence-electron chi connectivity index (χ3n) is 2.89. The second-order valence-corrected chi connectivity index (χ2v) is 5.82. The van der Waals surface area contributed by atoms with E-state index in [1.54, 1.807) is 24.6 Å². The Labute approximate surface area is 129 Å². The molecule has 6 heteroatoms. The van der Waals surface area contributed by atoms with Crippen LogP contribution in [0.4, 0.5) is 0 Å². The summed E-state index contributed by atoms with van der Waals surface area (Å²) in [5.41, 5.74) is 2.03. The third-order valence-corrected chi connectivity index (χ3v) is 4.08. The Morgan fingerprint density at radius 2 is 2.00 bits per heavy atom. The normalized spacial score (nSPS) is 11.7. The molecule has 0 unspecified atom stereocenters. The summed E-state index contributed by atoms with van der Waals surface area (Å²) in [5, 5.41) is 9.76. The molecule has 5 nitrogen and oxygen atoms in total. The summed E-state index contributed by atoms with van der Waals surface area (Å²) in [6, 6.07) is 5.86. The van der Waals surface area contributed by atoms with Gasteiger partial charge >= 0.3 is 0 Å². The van der Waals surface area contributed by atoms with Crippen molar-refractivity contribution in [2.45, 2.75) is 32.9 Å². The highest BCUT2D eigenvalue weighted by Crippen LogP contribution is 2.18. The van der Waals surface area contributed by atoms with E-state index >= 15 is 0 Å². The van der Waals surface area contributed by atoms with Crippen LogP contribution in [0.2, 0.25) is 0 Å². The van der Waals surface area contributed by atoms with Gasteiger partial charge in [-0.1, -0.05) is 19.9 Å². The smallest absolute Gasteiger partial charge is 0.191 e. The number of nitrogens with one attached hydrogen (secondary N) is 2. The number of thiazole rings is 1. The van der Waals surface area contributed by atoms with Crippen LogP contribution in [0.5, 0.6) is 0 Å². The van der Waals surface area contributed by atoms with E-state index in [9.17, 15) is 0 Å². The molecule has 0 saturated heterocycles. The monoisotopic (exact) mass is 303 g/mol. The maximum absolute atomic E-state index is 4.60. The Bertz CT molecular complexity index is 577. The summed E-state index contributed by atoms with van der Waals surface area (Å²) < 4.78 is 0. The van der Waals surface area contributed by atoms with Crippen LogP contribution >= 0.6 is 11.3 Å². The molecule has 0 radical (unpaired) electrons. The molecule has 0 aliphatic rings. The highest BCUT2D eigenvalue weighted by atomic mass is 32.1. The standard InChI is InChI=1S/C15H21N5S/c1-11(2)14-20-13(10-21-14)9-19-15(16-3)18-8-12-6-4-5-7-17-12/h4-7,10-11H,8-9H2,1-3H3,(H2,16,18,19). The summed E-state index contributed by atoms with van der Waals surface area (Å²) in [5.74, 6) is 1.23. The zero-order valence-corrected chi connectivity index (χ0v) is 13.4. The van der Waals surface area contributed by atoms with Gasteiger partial charge in [0.15, 0.2) is 5.96 Å². The summed E-state index contributed by atoms with van der Waals surface area (Å²) in [7, 11) is 1.76. The second kappa shape index (κ2) is 7.73. The SMILES string of the molecule is CN=C(NCc1ccccn1)NCc1csc(C(C)C)n1. The molecule has 2 N–H and O–H groups in total. The number of guanidine groups is 1. The molecule has 0 bridgehead atoms. The summed E-state index contributed by atoms with van der Waals surface area (Å²) in [6.07, 6.45) is 1.79. The minimum atomic E-state index is 0.477. The fraction of sp³-hybridized carbons (Fsp3) is 0.400. The quantitative estimate of drug-likeness (QED) is 0.658. The lowest BCUT2D eigenvalue weighted by Gasteiger charge is -2.10. The van der Waals surface area contributed by atoms with Crippen molar-refractivity contribution in [2.75, 3.05) is 7.05 Å². The van der Waals surface area contributed by atoms with Gasteiger partial charge in [0.25, 0.3) is 0 Å². The largest absolute Gasteiger partial charge is 0.351 e. The molecule has 0 amide bonds. The van der Waals surface area contributed by atoms with Crippen LogP contribution in [-0.4, -0.2) is 23.0 Å².